The van der Waals surface area contributed by atoms with Crippen molar-refractivity contribution >= 4 is 28.5 Å². The first-order chi connectivity index (χ1) is 13.6. The van der Waals surface area contributed by atoms with Gasteiger partial charge in [0.1, 0.15) is 12.4 Å². The van der Waals surface area contributed by atoms with Crippen molar-refractivity contribution in [1.29, 1.82) is 0 Å². The van der Waals surface area contributed by atoms with E-state index in [4.69, 9.17) is 9.47 Å². The Morgan fingerprint density at radius 1 is 1.11 bits per heavy atom. The second-order valence-corrected chi connectivity index (χ2v) is 6.35. The lowest BCUT2D eigenvalue weighted by Gasteiger charge is -2.11. The summed E-state index contributed by atoms with van der Waals surface area (Å²) in [7, 11) is 0. The number of aromatic nitrogens is 2. The van der Waals surface area contributed by atoms with Crippen molar-refractivity contribution in [2.75, 3.05) is 12.1 Å². The lowest BCUT2D eigenvalue weighted by atomic mass is 10.2. The molecule has 0 atom stereocenters. The van der Waals surface area contributed by atoms with Crippen LogP contribution >= 0.6 is 0 Å². The molecule has 1 aromatic heterocycles. The highest BCUT2D eigenvalue weighted by Crippen LogP contribution is 2.34. The van der Waals surface area contributed by atoms with Crippen LogP contribution in [0.1, 0.15) is 19.2 Å². The van der Waals surface area contributed by atoms with Gasteiger partial charge in [0.05, 0.1) is 17.6 Å². The van der Waals surface area contributed by atoms with Gasteiger partial charge in [0.2, 0.25) is 18.6 Å². The Bertz CT molecular complexity index is 1040. The first-order valence-corrected chi connectivity index (χ1v) is 9.04. The van der Waals surface area contributed by atoms with Gasteiger partial charge >= 0.3 is 0 Å². The maximum atomic E-state index is 12.7. The number of amides is 2. The molecule has 28 heavy (non-hydrogen) atoms. The summed E-state index contributed by atoms with van der Waals surface area (Å²) in [4.78, 5) is 28.8. The molecule has 2 heterocycles. The number of fused-ring (bicyclic) bond motifs is 2. The summed E-state index contributed by atoms with van der Waals surface area (Å²) in [6.07, 6.45) is 0.394. The van der Waals surface area contributed by atoms with Crippen LogP contribution in [0.3, 0.4) is 0 Å². The zero-order chi connectivity index (χ0) is 19.5. The summed E-state index contributed by atoms with van der Waals surface area (Å²) >= 11 is 0. The molecule has 0 aliphatic carbocycles. The number of nitrogens with one attached hydrogen (secondary N) is 2. The fourth-order valence-electron chi connectivity index (χ4n) is 3.06. The molecule has 0 fully saturated rings. The Balaban J connectivity index is 1.54. The van der Waals surface area contributed by atoms with Gasteiger partial charge in [-0.15, -0.1) is 0 Å². The fraction of sp³-hybridized carbons (Fsp3) is 0.250. The van der Waals surface area contributed by atoms with Gasteiger partial charge in [-0.2, -0.15) is 0 Å². The second kappa shape index (κ2) is 7.59. The number of ether oxygens (including phenoxy) is 2. The average Bonchev–Trinajstić information content (AvgIpc) is 3.30. The standard InChI is InChI=1S/C20H20N4O4/c1-2-19(25)21-10-18-23-14-5-3-4-6-15(14)24(18)11-20(26)22-13-7-8-16-17(9-13)28-12-27-16/h3-9H,2,10-12H2,1H3,(H,21,25)(H,22,26). The Kier molecular flexibility index (Phi) is 4.84. The number of para-hydroxylation sites is 2. The van der Waals surface area contributed by atoms with Crippen LogP contribution in [0, 0.1) is 0 Å². The zero-order valence-electron chi connectivity index (χ0n) is 15.4. The van der Waals surface area contributed by atoms with Gasteiger partial charge in [-0.05, 0) is 24.3 Å². The predicted octanol–water partition coefficient (Wildman–Crippen LogP) is 2.43. The number of rotatable bonds is 6. The summed E-state index contributed by atoms with van der Waals surface area (Å²) in [5.41, 5.74) is 2.24. The monoisotopic (exact) mass is 380 g/mol. The molecular formula is C20H20N4O4. The minimum Gasteiger partial charge on any atom is -0.454 e. The average molecular weight is 380 g/mol. The topological polar surface area (TPSA) is 94.5 Å². The van der Waals surface area contributed by atoms with Gasteiger partial charge in [-0.1, -0.05) is 19.1 Å². The smallest absolute Gasteiger partial charge is 0.244 e. The third-order valence-electron chi connectivity index (χ3n) is 4.46. The molecule has 3 aromatic rings. The lowest BCUT2D eigenvalue weighted by Crippen LogP contribution is -2.26. The Labute approximate surface area is 161 Å². The van der Waals surface area contributed by atoms with Crippen molar-refractivity contribution in [2.45, 2.75) is 26.4 Å². The summed E-state index contributed by atoms with van der Waals surface area (Å²) in [5, 5.41) is 5.68. The second-order valence-electron chi connectivity index (χ2n) is 6.35. The van der Waals surface area contributed by atoms with E-state index in [0.29, 0.717) is 29.4 Å². The summed E-state index contributed by atoms with van der Waals surface area (Å²) in [6, 6.07) is 12.8. The number of hydrogen-bond donors (Lipinski definition) is 2. The van der Waals surface area contributed by atoms with E-state index in [1.54, 1.807) is 25.1 Å². The van der Waals surface area contributed by atoms with E-state index < -0.39 is 0 Å². The van der Waals surface area contributed by atoms with E-state index in [0.717, 1.165) is 11.0 Å². The van der Waals surface area contributed by atoms with Crippen molar-refractivity contribution in [1.82, 2.24) is 14.9 Å². The van der Waals surface area contributed by atoms with Gasteiger partial charge in [0.15, 0.2) is 11.5 Å². The number of carbonyl (C=O) groups excluding carboxylic acids is 2. The molecular weight excluding hydrogens is 360 g/mol. The molecule has 8 heteroatoms. The van der Waals surface area contributed by atoms with Crippen LogP contribution in [-0.4, -0.2) is 28.2 Å². The third-order valence-corrected chi connectivity index (χ3v) is 4.46. The molecule has 4 rings (SSSR count). The van der Waals surface area contributed by atoms with Crippen LogP contribution in [0.2, 0.25) is 0 Å². The first kappa shape index (κ1) is 17.8. The van der Waals surface area contributed by atoms with Crippen molar-refractivity contribution < 1.29 is 19.1 Å². The van der Waals surface area contributed by atoms with Gasteiger partial charge in [-0.25, -0.2) is 4.98 Å². The first-order valence-electron chi connectivity index (χ1n) is 9.04. The van der Waals surface area contributed by atoms with Gasteiger partial charge < -0.3 is 24.7 Å². The van der Waals surface area contributed by atoms with Crippen LogP contribution in [-0.2, 0) is 22.7 Å². The molecule has 0 saturated carbocycles. The normalized spacial score (nSPS) is 12.2. The Morgan fingerprint density at radius 2 is 1.93 bits per heavy atom. The van der Waals surface area contributed by atoms with Crippen molar-refractivity contribution in [2.24, 2.45) is 0 Å². The van der Waals surface area contributed by atoms with Crippen LogP contribution < -0.4 is 20.1 Å². The lowest BCUT2D eigenvalue weighted by molar-refractivity contribution is -0.121. The van der Waals surface area contributed by atoms with Crippen molar-refractivity contribution in [3.8, 4) is 11.5 Å². The van der Waals surface area contributed by atoms with Gasteiger partial charge in [0, 0.05) is 18.2 Å². The summed E-state index contributed by atoms with van der Waals surface area (Å²) in [5.74, 6) is 1.62. The maximum Gasteiger partial charge on any atom is 0.244 e. The van der Waals surface area contributed by atoms with E-state index in [9.17, 15) is 9.59 Å². The molecule has 144 valence electrons. The third kappa shape index (κ3) is 3.62. The molecule has 0 unspecified atom stereocenters. The van der Waals surface area contributed by atoms with Gasteiger partial charge in [0.25, 0.3) is 0 Å². The predicted molar refractivity (Wildman–Crippen MR) is 103 cm³/mol. The number of benzene rings is 2. The van der Waals surface area contributed by atoms with E-state index in [1.165, 1.54) is 0 Å². The van der Waals surface area contributed by atoms with E-state index >= 15 is 0 Å². The molecule has 0 bridgehead atoms. The molecule has 8 nitrogen and oxygen atoms in total. The molecule has 0 spiro atoms. The highest BCUT2D eigenvalue weighted by atomic mass is 16.7. The molecule has 0 radical (unpaired) electrons. The minimum absolute atomic E-state index is 0.0663. The Morgan fingerprint density at radius 3 is 2.79 bits per heavy atom. The van der Waals surface area contributed by atoms with E-state index in [1.807, 2.05) is 28.8 Å². The van der Waals surface area contributed by atoms with Crippen molar-refractivity contribution in [3.05, 3.63) is 48.3 Å². The SMILES string of the molecule is CCC(=O)NCc1nc2ccccc2n1CC(=O)Nc1ccc2c(c1)OCO2. The van der Waals surface area contributed by atoms with Gasteiger partial charge in [-0.3, -0.25) is 9.59 Å². The zero-order valence-corrected chi connectivity index (χ0v) is 15.4. The molecule has 1 aliphatic heterocycles. The summed E-state index contributed by atoms with van der Waals surface area (Å²) in [6.45, 7) is 2.31. The highest BCUT2D eigenvalue weighted by molar-refractivity contribution is 5.92. The molecule has 0 saturated heterocycles. The molecule has 2 N–H and O–H groups in total. The largest absolute Gasteiger partial charge is 0.454 e. The van der Waals surface area contributed by atoms with Crippen molar-refractivity contribution in [3.63, 3.8) is 0 Å². The molecule has 2 aromatic carbocycles. The Hall–Kier alpha value is -3.55. The van der Waals surface area contributed by atoms with Crippen LogP contribution in [0.25, 0.3) is 11.0 Å². The van der Waals surface area contributed by atoms with Crippen LogP contribution in [0.15, 0.2) is 42.5 Å². The highest BCUT2D eigenvalue weighted by Gasteiger charge is 2.16. The fourth-order valence-corrected chi connectivity index (χ4v) is 3.06. The quantitative estimate of drug-likeness (QED) is 0.685. The van der Waals surface area contributed by atoms with E-state index in [2.05, 4.69) is 15.6 Å². The number of hydrogen-bond acceptors (Lipinski definition) is 5. The molecule has 2 amide bonds. The summed E-state index contributed by atoms with van der Waals surface area (Å²) < 4.78 is 12.4. The maximum absolute atomic E-state index is 12.7. The number of anilines is 1. The van der Waals surface area contributed by atoms with Crippen LogP contribution in [0.5, 0.6) is 11.5 Å². The van der Waals surface area contributed by atoms with E-state index in [-0.39, 0.29) is 31.7 Å². The number of nitrogens with zero attached hydrogens (tertiary/aromatic N) is 2. The number of imidazole rings is 1. The minimum atomic E-state index is -0.204. The number of carbonyl (C=O) groups is 2. The van der Waals surface area contributed by atoms with Crippen LogP contribution in [0.4, 0.5) is 5.69 Å². The molecule has 1 aliphatic rings.